The molecule has 5 rings (SSSR count). The summed E-state index contributed by atoms with van der Waals surface area (Å²) in [6.07, 6.45) is 0.624. The Balaban J connectivity index is 1.56. The van der Waals surface area contributed by atoms with Crippen LogP contribution in [0.4, 0.5) is 19.3 Å². The first-order valence-electron chi connectivity index (χ1n) is 10.3. The van der Waals surface area contributed by atoms with Crippen LogP contribution >= 0.6 is 0 Å². The molecule has 166 valence electrons. The van der Waals surface area contributed by atoms with E-state index in [-0.39, 0.29) is 17.9 Å². The van der Waals surface area contributed by atoms with E-state index in [1.807, 2.05) is 6.07 Å². The highest BCUT2D eigenvalue weighted by molar-refractivity contribution is 6.24. The number of rotatable bonds is 5. The third kappa shape index (κ3) is 4.06. The van der Waals surface area contributed by atoms with Crippen molar-refractivity contribution in [3.63, 3.8) is 0 Å². The zero-order valence-corrected chi connectivity index (χ0v) is 17.2. The number of amidine groups is 1. The molecule has 0 radical (unpaired) electrons. The van der Waals surface area contributed by atoms with Crippen molar-refractivity contribution in [2.45, 2.75) is 12.1 Å². The number of aliphatic hydroxyl groups is 1. The number of anilines is 1. The van der Waals surface area contributed by atoms with E-state index in [9.17, 15) is 18.7 Å². The lowest BCUT2D eigenvalue weighted by atomic mass is 10.1. The van der Waals surface area contributed by atoms with E-state index in [2.05, 4.69) is 20.3 Å². The smallest absolute Gasteiger partial charge is 0.328 e. The quantitative estimate of drug-likeness (QED) is 0.427. The zero-order valence-electron chi connectivity index (χ0n) is 17.2. The van der Waals surface area contributed by atoms with Crippen LogP contribution in [0.25, 0.3) is 11.0 Å². The summed E-state index contributed by atoms with van der Waals surface area (Å²) >= 11 is 0. The van der Waals surface area contributed by atoms with E-state index < -0.39 is 29.8 Å². The molecule has 1 saturated heterocycles. The van der Waals surface area contributed by atoms with Gasteiger partial charge in [0.15, 0.2) is 0 Å². The molecule has 1 aliphatic rings. The predicted molar refractivity (Wildman–Crippen MR) is 120 cm³/mol. The highest BCUT2D eigenvalue weighted by Gasteiger charge is 2.38. The SMILES string of the molecule is O=C1NC(c2cc(F)cc(F)c2)C(=NCC(O)c2ccccc2)N1c1ccc2nc[nH]c2c1. The Kier molecular flexibility index (Phi) is 5.31. The average Bonchev–Trinajstić information content (AvgIpc) is 3.40. The fourth-order valence-electron chi connectivity index (χ4n) is 3.89. The summed E-state index contributed by atoms with van der Waals surface area (Å²) in [5.74, 6) is -1.31. The van der Waals surface area contributed by atoms with Gasteiger partial charge in [0.05, 0.1) is 35.7 Å². The van der Waals surface area contributed by atoms with Crippen LogP contribution in [0.2, 0.25) is 0 Å². The maximum absolute atomic E-state index is 13.9. The van der Waals surface area contributed by atoms with Crippen molar-refractivity contribution in [1.29, 1.82) is 0 Å². The van der Waals surface area contributed by atoms with Gasteiger partial charge in [-0.2, -0.15) is 0 Å². The molecule has 1 aromatic heterocycles. The lowest BCUT2D eigenvalue weighted by Crippen LogP contribution is -2.31. The van der Waals surface area contributed by atoms with Crippen LogP contribution in [0.3, 0.4) is 0 Å². The molecule has 3 aromatic carbocycles. The highest BCUT2D eigenvalue weighted by Crippen LogP contribution is 2.31. The zero-order chi connectivity index (χ0) is 22.9. The molecule has 1 fully saturated rings. The molecule has 0 aliphatic carbocycles. The van der Waals surface area contributed by atoms with Gasteiger partial charge in [-0.25, -0.2) is 23.5 Å². The molecule has 4 aromatic rings. The van der Waals surface area contributed by atoms with E-state index in [4.69, 9.17) is 0 Å². The van der Waals surface area contributed by atoms with Gasteiger partial charge < -0.3 is 15.4 Å². The normalized spacial score (nSPS) is 18.2. The number of imidazole rings is 1. The first kappa shape index (κ1) is 20.8. The maximum Gasteiger partial charge on any atom is 0.328 e. The summed E-state index contributed by atoms with van der Waals surface area (Å²) in [7, 11) is 0. The van der Waals surface area contributed by atoms with E-state index in [1.165, 1.54) is 4.90 Å². The van der Waals surface area contributed by atoms with Gasteiger partial charge in [0.2, 0.25) is 0 Å². The van der Waals surface area contributed by atoms with Crippen LogP contribution in [0.1, 0.15) is 23.3 Å². The molecular weight excluding hydrogens is 428 g/mol. The number of carbonyl (C=O) groups is 1. The van der Waals surface area contributed by atoms with Gasteiger partial charge in [-0.3, -0.25) is 4.99 Å². The Morgan fingerprint density at radius 2 is 1.82 bits per heavy atom. The fourth-order valence-corrected chi connectivity index (χ4v) is 3.89. The minimum absolute atomic E-state index is 0.0502. The number of hydrogen-bond acceptors (Lipinski definition) is 4. The van der Waals surface area contributed by atoms with Crippen molar-refractivity contribution in [2.24, 2.45) is 4.99 Å². The molecule has 33 heavy (non-hydrogen) atoms. The summed E-state index contributed by atoms with van der Waals surface area (Å²) in [4.78, 5) is 26.0. The summed E-state index contributed by atoms with van der Waals surface area (Å²) in [6.45, 7) is -0.0502. The van der Waals surface area contributed by atoms with Gasteiger partial charge in [0.1, 0.15) is 23.5 Å². The highest BCUT2D eigenvalue weighted by atomic mass is 19.1. The lowest BCUT2D eigenvalue weighted by molar-refractivity contribution is 0.187. The van der Waals surface area contributed by atoms with Crippen molar-refractivity contribution >= 4 is 28.6 Å². The Hall–Kier alpha value is -4.11. The summed E-state index contributed by atoms with van der Waals surface area (Å²) < 4.78 is 27.9. The molecule has 2 unspecified atom stereocenters. The largest absolute Gasteiger partial charge is 0.386 e. The van der Waals surface area contributed by atoms with Gasteiger partial charge in [-0.1, -0.05) is 30.3 Å². The number of fused-ring (bicyclic) bond motifs is 1. The number of aromatic amines is 1. The van der Waals surface area contributed by atoms with Crippen LogP contribution < -0.4 is 10.2 Å². The number of hydrogen-bond donors (Lipinski definition) is 3. The van der Waals surface area contributed by atoms with Crippen LogP contribution in [0.5, 0.6) is 0 Å². The number of aliphatic hydroxyl groups excluding tert-OH is 1. The van der Waals surface area contributed by atoms with Crippen LogP contribution in [-0.2, 0) is 0 Å². The first-order valence-corrected chi connectivity index (χ1v) is 10.3. The molecule has 2 heterocycles. The minimum Gasteiger partial charge on any atom is -0.386 e. The molecular formula is C24H19F2N5O2. The van der Waals surface area contributed by atoms with Crippen molar-refractivity contribution in [2.75, 3.05) is 11.4 Å². The molecule has 3 N–H and O–H groups in total. The summed E-state index contributed by atoms with van der Waals surface area (Å²) in [5.41, 5.74) is 2.80. The second-order valence-corrected chi connectivity index (χ2v) is 7.65. The monoisotopic (exact) mass is 447 g/mol. The third-order valence-electron chi connectivity index (χ3n) is 5.45. The molecule has 1 aliphatic heterocycles. The molecule has 0 spiro atoms. The number of amides is 2. The van der Waals surface area contributed by atoms with Crippen LogP contribution in [0.15, 0.2) is 78.0 Å². The van der Waals surface area contributed by atoms with E-state index >= 15 is 0 Å². The Morgan fingerprint density at radius 1 is 1.06 bits per heavy atom. The van der Waals surface area contributed by atoms with Gasteiger partial charge >= 0.3 is 6.03 Å². The van der Waals surface area contributed by atoms with Gasteiger partial charge in [0, 0.05) is 6.07 Å². The van der Waals surface area contributed by atoms with Gasteiger partial charge in [-0.15, -0.1) is 0 Å². The molecule has 2 atom stereocenters. The predicted octanol–water partition coefficient (Wildman–Crippen LogP) is 4.24. The number of urea groups is 1. The molecule has 0 saturated carbocycles. The molecule has 2 amide bonds. The first-order chi connectivity index (χ1) is 16.0. The number of nitrogens with one attached hydrogen (secondary N) is 2. The summed E-state index contributed by atoms with van der Waals surface area (Å²) in [5, 5.41) is 13.3. The number of benzene rings is 3. The maximum atomic E-state index is 13.9. The van der Waals surface area contributed by atoms with Gasteiger partial charge in [-0.05, 0) is 41.5 Å². The van der Waals surface area contributed by atoms with E-state index in [0.29, 0.717) is 16.8 Å². The second kappa shape index (κ2) is 8.44. The van der Waals surface area contributed by atoms with Crippen molar-refractivity contribution in [3.8, 4) is 0 Å². The number of H-pyrrole nitrogens is 1. The number of carbonyl (C=O) groups excluding carboxylic acids is 1. The van der Waals surface area contributed by atoms with Crippen LogP contribution in [0, 0.1) is 11.6 Å². The standard InChI is InChI=1S/C24H19F2N5O2/c25-16-8-15(9-17(26)10-16)22-23(27-12-21(32)14-4-2-1-3-5-14)31(24(33)30-22)18-6-7-19-20(11-18)29-13-28-19/h1-11,13,21-22,32H,12H2,(H,28,29)(H,30,33). The third-order valence-corrected chi connectivity index (χ3v) is 5.45. The number of aromatic nitrogens is 2. The fraction of sp³-hybridized carbons (Fsp3) is 0.125. The summed E-state index contributed by atoms with van der Waals surface area (Å²) in [6, 6.07) is 15.8. The Morgan fingerprint density at radius 3 is 2.58 bits per heavy atom. The van der Waals surface area contributed by atoms with Crippen molar-refractivity contribution in [3.05, 3.63) is 95.8 Å². The number of nitrogens with zero attached hydrogens (tertiary/aromatic N) is 3. The van der Waals surface area contributed by atoms with E-state index in [0.717, 1.165) is 23.7 Å². The second-order valence-electron chi connectivity index (χ2n) is 7.65. The van der Waals surface area contributed by atoms with Crippen LogP contribution in [-0.4, -0.2) is 33.5 Å². The van der Waals surface area contributed by atoms with E-state index in [1.54, 1.807) is 48.8 Å². The topological polar surface area (TPSA) is 93.6 Å². The average molecular weight is 447 g/mol. The number of halogens is 2. The lowest BCUT2D eigenvalue weighted by Gasteiger charge is -2.19. The molecule has 7 nitrogen and oxygen atoms in total. The molecule has 0 bridgehead atoms. The van der Waals surface area contributed by atoms with Gasteiger partial charge in [0.25, 0.3) is 0 Å². The minimum atomic E-state index is -0.920. The van der Waals surface area contributed by atoms with Crippen molar-refractivity contribution < 1.29 is 18.7 Å². The number of aliphatic imine (C=N–C) groups is 1. The Labute approximate surface area is 187 Å². The molecule has 9 heteroatoms. The Bertz CT molecular complexity index is 1340. The van der Waals surface area contributed by atoms with Crippen molar-refractivity contribution in [1.82, 2.24) is 15.3 Å².